The second kappa shape index (κ2) is 36.2. The smallest absolute Gasteiger partial charge is 0.350 e. The number of aliphatic carboxylic acids is 3. The molecule has 0 radical (unpaired) electrons. The number of aliphatic hydroxyl groups is 1. The summed E-state index contributed by atoms with van der Waals surface area (Å²) in [6.45, 7) is 43.7. The van der Waals surface area contributed by atoms with Gasteiger partial charge < -0.3 is 61.8 Å². The molecule has 6 unspecified atom stereocenters. The van der Waals surface area contributed by atoms with Gasteiger partial charge >= 0.3 is 58.6 Å². The molecule has 0 fully saturated rings. The van der Waals surface area contributed by atoms with E-state index in [1.165, 1.54) is 56.7 Å². The van der Waals surface area contributed by atoms with Crippen LogP contribution in [-0.4, -0.2) is 190 Å². The Kier molecular flexibility index (Phi) is 35.1. The van der Waals surface area contributed by atoms with Crippen molar-refractivity contribution in [3.63, 3.8) is 0 Å². The van der Waals surface area contributed by atoms with Crippen molar-refractivity contribution in [3.05, 3.63) is 0 Å². The predicted molar refractivity (Wildman–Crippen MR) is 362 cm³/mol. The molecule has 0 aromatic rings. The molecule has 31 heteroatoms. The maximum absolute atomic E-state index is 15.2. The van der Waals surface area contributed by atoms with E-state index in [0.29, 0.717) is 0 Å². The zero-order chi connectivity index (χ0) is 75.8. The van der Waals surface area contributed by atoms with E-state index in [0.717, 1.165) is 0 Å². The molecule has 0 aliphatic carbocycles. The third-order valence-electron chi connectivity index (χ3n) is 15.0. The monoisotopic (exact) mass is 1440 g/mol. The number of rotatable bonds is 43. The summed E-state index contributed by atoms with van der Waals surface area (Å²) in [5.41, 5.74) is -14.2. The van der Waals surface area contributed by atoms with Gasteiger partial charge in [-0.05, 0) is 162 Å². The third-order valence-corrected chi connectivity index (χ3v) is 23.4. The minimum Gasteiger partial charge on any atom is -0.481 e. The van der Waals surface area contributed by atoms with Gasteiger partial charge in [-0.2, -0.15) is 15.2 Å². The Bertz CT molecular complexity index is 2350. The average molecular weight is 1440 g/mol. The van der Waals surface area contributed by atoms with E-state index in [9.17, 15) is 34.8 Å². The molecule has 0 saturated carbocycles. The summed E-state index contributed by atoms with van der Waals surface area (Å²) in [5.74, 6) is -11.8. The van der Waals surface area contributed by atoms with Crippen LogP contribution in [0.2, 0.25) is 0 Å². The standard InChI is InChI=1S/C65H126N3O25P3/c1-31-85-94(79,86-32-2)50(56(7,8)9)66(59(16,17)18)91-44(37-62(25,26)53(73)74)47(70)82-41-65(40-69,42-83-48(71)45(38-63(27,28)54(75)76)92-67(60(19,20)21)51(57(10,11)12)95(80,87-33-3)88-34-4)43-84-49(72)46(39-64(29,30)55(77)78)93-68(61(22,23)24)52(58(13,14)15)96(81,89-35-5)90-36-6/h44-46,50-52,69H,31-43H2,1-30H3,(H,73,74)(H,75,76)(H,77,78). The molecule has 28 nitrogen and oxygen atoms in total. The van der Waals surface area contributed by atoms with Gasteiger partial charge in [0.1, 0.15) is 37.2 Å². The van der Waals surface area contributed by atoms with E-state index in [1.807, 2.05) is 0 Å². The molecule has 0 spiro atoms. The summed E-state index contributed by atoms with van der Waals surface area (Å²) in [6.07, 6.45) is -7.58. The van der Waals surface area contributed by atoms with E-state index in [1.54, 1.807) is 166 Å². The first-order valence-corrected chi connectivity index (χ1v) is 37.8. The van der Waals surface area contributed by atoms with E-state index < -0.39 is 194 Å². The van der Waals surface area contributed by atoms with Gasteiger partial charge in [0.25, 0.3) is 0 Å². The lowest BCUT2D eigenvalue weighted by molar-refractivity contribution is -0.275. The molecular weight excluding hydrogens is 1320 g/mol. The fourth-order valence-corrected chi connectivity index (χ4v) is 18.0. The second-order valence-electron chi connectivity index (χ2n) is 32.3. The van der Waals surface area contributed by atoms with Crippen LogP contribution in [0.1, 0.15) is 227 Å². The van der Waals surface area contributed by atoms with E-state index >= 15 is 28.1 Å². The Morgan fingerprint density at radius 3 is 0.646 bits per heavy atom. The van der Waals surface area contributed by atoms with Crippen LogP contribution in [0, 0.1) is 37.9 Å². The molecule has 0 amide bonds. The first-order chi connectivity index (χ1) is 43.1. The summed E-state index contributed by atoms with van der Waals surface area (Å²) < 4.78 is 98.5. The fourth-order valence-electron chi connectivity index (χ4n) is 9.99. The van der Waals surface area contributed by atoms with Crippen molar-refractivity contribution in [3.8, 4) is 0 Å². The topological polar surface area (TPSA) is 355 Å². The van der Waals surface area contributed by atoms with Crippen LogP contribution >= 0.6 is 22.8 Å². The first kappa shape index (κ1) is 93.0. The number of carboxylic acid groups (broad SMARTS) is 3. The van der Waals surface area contributed by atoms with Gasteiger partial charge in [-0.25, -0.2) is 14.4 Å². The number of hydroxylamine groups is 6. The zero-order valence-electron chi connectivity index (χ0n) is 63.7. The van der Waals surface area contributed by atoms with Crippen molar-refractivity contribution in [1.82, 2.24) is 15.2 Å². The molecule has 0 rings (SSSR count). The number of ether oxygens (including phenoxy) is 3. The number of carbonyl (C=O) groups is 6. The van der Waals surface area contributed by atoms with Crippen molar-refractivity contribution in [1.29, 1.82) is 0 Å². The molecule has 0 aromatic heterocycles. The maximum atomic E-state index is 15.2. The lowest BCUT2D eigenvalue weighted by atomic mass is 9.86. The molecule has 0 bridgehead atoms. The van der Waals surface area contributed by atoms with Gasteiger partial charge in [0, 0.05) is 35.9 Å². The normalized spacial score (nSPS) is 16.6. The Balaban J connectivity index is 9.13. The van der Waals surface area contributed by atoms with Crippen molar-refractivity contribution < 1.29 is 119 Å². The number of nitrogens with zero attached hydrogens (tertiary/aromatic N) is 3. The predicted octanol–water partition coefficient (Wildman–Crippen LogP) is 13.2. The molecule has 0 saturated heterocycles. The Morgan fingerprint density at radius 1 is 0.344 bits per heavy atom. The van der Waals surface area contributed by atoms with E-state index in [-0.39, 0.29) is 39.6 Å². The minimum atomic E-state index is -4.24. The van der Waals surface area contributed by atoms with Gasteiger partial charge in [0.2, 0.25) is 0 Å². The number of carboxylic acids is 3. The highest BCUT2D eigenvalue weighted by Crippen LogP contribution is 2.64. The molecule has 96 heavy (non-hydrogen) atoms. The Morgan fingerprint density at radius 2 is 0.521 bits per heavy atom. The highest BCUT2D eigenvalue weighted by Gasteiger charge is 2.57. The molecule has 0 heterocycles. The van der Waals surface area contributed by atoms with Gasteiger partial charge in [-0.3, -0.25) is 42.6 Å². The quantitative estimate of drug-likeness (QED) is 0.0191. The molecule has 0 aliphatic heterocycles. The van der Waals surface area contributed by atoms with Gasteiger partial charge in [-0.15, -0.1) is 0 Å². The van der Waals surface area contributed by atoms with Crippen LogP contribution in [-0.2, 0) is 98.3 Å². The molecule has 6 atom stereocenters. The van der Waals surface area contributed by atoms with E-state index in [4.69, 9.17) is 55.9 Å². The third kappa shape index (κ3) is 27.1. The highest BCUT2D eigenvalue weighted by molar-refractivity contribution is 7.55. The van der Waals surface area contributed by atoms with Crippen LogP contribution in [0.15, 0.2) is 0 Å². The molecular formula is C65H126N3O25P3. The summed E-state index contributed by atoms with van der Waals surface area (Å²) in [6, 6.07) is 0. The van der Waals surface area contributed by atoms with Crippen LogP contribution in [0.25, 0.3) is 0 Å². The van der Waals surface area contributed by atoms with Crippen LogP contribution in [0.4, 0.5) is 0 Å². The average Bonchev–Trinajstić information content (AvgIpc) is 0.776. The number of carbonyl (C=O) groups excluding carboxylic acids is 3. The number of esters is 3. The summed E-state index contributed by atoms with van der Waals surface area (Å²) >= 11 is 0. The molecule has 0 aromatic carbocycles. The van der Waals surface area contributed by atoms with Crippen molar-refractivity contribution in [2.24, 2.45) is 37.9 Å². The lowest BCUT2D eigenvalue weighted by Gasteiger charge is -2.48. The second-order valence-corrected chi connectivity index (χ2v) is 38.5. The van der Waals surface area contributed by atoms with Crippen LogP contribution in [0.3, 0.4) is 0 Å². The lowest BCUT2D eigenvalue weighted by Crippen LogP contribution is -2.56. The van der Waals surface area contributed by atoms with Gasteiger partial charge in [-0.1, -0.05) is 62.3 Å². The van der Waals surface area contributed by atoms with Gasteiger partial charge in [0.05, 0.1) is 67.9 Å². The zero-order valence-corrected chi connectivity index (χ0v) is 66.4. The number of hydrogen-bond donors (Lipinski definition) is 4. The van der Waals surface area contributed by atoms with Crippen LogP contribution < -0.4 is 0 Å². The van der Waals surface area contributed by atoms with E-state index in [2.05, 4.69) is 0 Å². The van der Waals surface area contributed by atoms with Crippen LogP contribution in [0.5, 0.6) is 0 Å². The van der Waals surface area contributed by atoms with Crippen molar-refractivity contribution in [2.75, 3.05) is 66.1 Å². The highest BCUT2D eigenvalue weighted by atomic mass is 31.2. The molecule has 566 valence electrons. The Hall–Kier alpha value is -3.01. The largest absolute Gasteiger partial charge is 0.481 e. The maximum Gasteiger partial charge on any atom is 0.350 e. The summed E-state index contributed by atoms with van der Waals surface area (Å²) in [4.78, 5) is 104. The number of aliphatic hydroxyl groups excluding tert-OH is 1. The van der Waals surface area contributed by atoms with Gasteiger partial charge in [0.15, 0.2) is 18.3 Å². The minimum absolute atomic E-state index is 0.0709. The summed E-state index contributed by atoms with van der Waals surface area (Å²) in [7, 11) is -12.7. The first-order valence-electron chi connectivity index (χ1n) is 33.0. The van der Waals surface area contributed by atoms with Crippen molar-refractivity contribution in [2.45, 2.75) is 279 Å². The SMILES string of the molecule is CCOP(=O)(OCC)C(N(OC(CC(C)(C)C(=O)O)C(=O)OCC(CO)(COC(=O)C(CC(C)(C)C(=O)O)ON(C(C(C)(C)C)P(=O)(OCC)OCC)C(C)(C)C)COC(=O)C(CC(C)(C)C(=O)O)ON(C(C(C)(C)C)P(=O)(OCC)OCC)C(C)(C)C)C(C)(C)C)C(C)(C)C. The molecule has 4 N–H and O–H groups in total. The number of hydrogen-bond acceptors (Lipinski definition) is 25. The van der Waals surface area contributed by atoms with Crippen molar-refractivity contribution >= 4 is 58.6 Å². The molecule has 0 aliphatic rings. The Labute approximate surface area is 573 Å². The fraction of sp³-hybridized carbons (Fsp3) is 0.908. The summed E-state index contributed by atoms with van der Waals surface area (Å²) in [5, 5.41) is 47.2.